The highest BCUT2D eigenvalue weighted by Crippen LogP contribution is 2.07. The Morgan fingerprint density at radius 1 is 1.32 bits per heavy atom. The number of ether oxygens (including phenoxy) is 1. The number of nitrogens with zero attached hydrogens (tertiary/aromatic N) is 2. The first-order valence-electron chi connectivity index (χ1n) is 8.59. The fourth-order valence-electron chi connectivity index (χ4n) is 2.81. The molecule has 142 valence electrons. The molecule has 0 aromatic heterocycles. The molecule has 1 fully saturated rings. The van der Waals surface area contributed by atoms with Crippen LogP contribution < -0.4 is 10.6 Å². The van der Waals surface area contributed by atoms with Crippen molar-refractivity contribution in [2.45, 2.75) is 26.5 Å². The van der Waals surface area contributed by atoms with Crippen molar-refractivity contribution in [3.05, 3.63) is 35.6 Å². The van der Waals surface area contributed by atoms with E-state index in [4.69, 9.17) is 4.74 Å². The number of hydrogen-bond donors (Lipinski definition) is 2. The van der Waals surface area contributed by atoms with E-state index in [2.05, 4.69) is 34.4 Å². The summed E-state index contributed by atoms with van der Waals surface area (Å²) in [7, 11) is 1.74. The van der Waals surface area contributed by atoms with Gasteiger partial charge >= 0.3 is 0 Å². The van der Waals surface area contributed by atoms with Crippen molar-refractivity contribution in [3.63, 3.8) is 0 Å². The number of hydrogen-bond acceptors (Lipinski definition) is 3. The fourth-order valence-corrected chi connectivity index (χ4v) is 2.81. The van der Waals surface area contributed by atoms with E-state index < -0.39 is 0 Å². The van der Waals surface area contributed by atoms with E-state index in [-0.39, 0.29) is 35.9 Å². The molecule has 25 heavy (non-hydrogen) atoms. The van der Waals surface area contributed by atoms with Crippen LogP contribution in [0.1, 0.15) is 19.4 Å². The number of benzene rings is 1. The van der Waals surface area contributed by atoms with Crippen LogP contribution in [-0.2, 0) is 11.3 Å². The Morgan fingerprint density at radius 2 is 2.04 bits per heavy atom. The molecule has 2 rings (SSSR count). The van der Waals surface area contributed by atoms with Gasteiger partial charge in [0.1, 0.15) is 5.82 Å². The van der Waals surface area contributed by atoms with E-state index in [1.165, 1.54) is 12.1 Å². The molecule has 1 heterocycles. The van der Waals surface area contributed by atoms with E-state index in [9.17, 15) is 4.39 Å². The summed E-state index contributed by atoms with van der Waals surface area (Å²) < 4.78 is 18.7. The predicted octanol–water partition coefficient (Wildman–Crippen LogP) is 2.47. The van der Waals surface area contributed by atoms with Crippen LogP contribution in [0.25, 0.3) is 0 Å². The minimum atomic E-state index is -0.221. The summed E-state index contributed by atoms with van der Waals surface area (Å²) in [5, 5.41) is 6.54. The van der Waals surface area contributed by atoms with Gasteiger partial charge in [0.25, 0.3) is 0 Å². The van der Waals surface area contributed by atoms with Gasteiger partial charge in [-0.05, 0) is 23.6 Å². The molecule has 1 aromatic rings. The molecule has 5 nitrogen and oxygen atoms in total. The quantitative estimate of drug-likeness (QED) is 0.386. The van der Waals surface area contributed by atoms with E-state index in [0.717, 1.165) is 44.3 Å². The fraction of sp³-hybridized carbons (Fsp3) is 0.611. The van der Waals surface area contributed by atoms with Gasteiger partial charge in [-0.3, -0.25) is 9.89 Å². The maximum Gasteiger partial charge on any atom is 0.191 e. The van der Waals surface area contributed by atoms with Gasteiger partial charge in [-0.2, -0.15) is 0 Å². The number of guanidine groups is 1. The monoisotopic (exact) mass is 464 g/mol. The lowest BCUT2D eigenvalue weighted by Gasteiger charge is -2.34. The van der Waals surface area contributed by atoms with Crippen LogP contribution in [0.3, 0.4) is 0 Å². The van der Waals surface area contributed by atoms with Gasteiger partial charge < -0.3 is 15.4 Å². The molecule has 1 saturated heterocycles. The Morgan fingerprint density at radius 3 is 2.68 bits per heavy atom. The zero-order chi connectivity index (χ0) is 17.4. The number of rotatable bonds is 6. The lowest BCUT2D eigenvalue weighted by atomic mass is 10.2. The average Bonchev–Trinajstić information content (AvgIpc) is 2.56. The maximum atomic E-state index is 12.9. The van der Waals surface area contributed by atoms with Crippen molar-refractivity contribution in [1.29, 1.82) is 0 Å². The molecule has 0 spiro atoms. The first kappa shape index (κ1) is 22.1. The molecule has 1 aliphatic heterocycles. The van der Waals surface area contributed by atoms with Gasteiger partial charge in [0.2, 0.25) is 0 Å². The molecule has 1 aliphatic rings. The zero-order valence-electron chi connectivity index (χ0n) is 15.3. The summed E-state index contributed by atoms with van der Waals surface area (Å²) in [5.41, 5.74) is 1.01. The van der Waals surface area contributed by atoms with Crippen LogP contribution in [-0.4, -0.2) is 56.8 Å². The van der Waals surface area contributed by atoms with Gasteiger partial charge in [0, 0.05) is 39.8 Å². The normalized spacial score (nSPS) is 18.8. The van der Waals surface area contributed by atoms with Crippen LogP contribution >= 0.6 is 24.0 Å². The Bertz CT molecular complexity index is 524. The third-order valence-electron chi connectivity index (χ3n) is 3.94. The van der Waals surface area contributed by atoms with Crippen LogP contribution in [0.5, 0.6) is 0 Å². The van der Waals surface area contributed by atoms with Gasteiger partial charge in [-0.15, -0.1) is 24.0 Å². The second kappa shape index (κ2) is 11.6. The van der Waals surface area contributed by atoms with E-state index >= 15 is 0 Å². The Hall–Kier alpha value is -0.930. The van der Waals surface area contributed by atoms with Gasteiger partial charge in [0.15, 0.2) is 5.96 Å². The maximum absolute atomic E-state index is 12.9. The Labute approximate surface area is 167 Å². The SMILES string of the molecule is CN=C(NCc1ccc(F)cc1)NCC1CN(CC(C)C)CCO1.I. The van der Waals surface area contributed by atoms with Crippen LogP contribution in [0.4, 0.5) is 4.39 Å². The molecular weight excluding hydrogens is 434 g/mol. The molecular formula is C18H30FIN4O. The second-order valence-corrected chi connectivity index (χ2v) is 6.58. The summed E-state index contributed by atoms with van der Waals surface area (Å²) in [6.45, 7) is 9.64. The lowest BCUT2D eigenvalue weighted by Crippen LogP contribution is -2.50. The highest BCUT2D eigenvalue weighted by molar-refractivity contribution is 14.0. The molecule has 0 radical (unpaired) electrons. The number of nitrogens with one attached hydrogen (secondary N) is 2. The molecule has 0 saturated carbocycles. The van der Waals surface area contributed by atoms with E-state index in [1.807, 2.05) is 0 Å². The summed E-state index contributed by atoms with van der Waals surface area (Å²) in [4.78, 5) is 6.68. The second-order valence-electron chi connectivity index (χ2n) is 6.58. The molecule has 2 N–H and O–H groups in total. The largest absolute Gasteiger partial charge is 0.374 e. The minimum Gasteiger partial charge on any atom is -0.374 e. The van der Waals surface area contributed by atoms with E-state index in [1.54, 1.807) is 19.2 Å². The molecule has 1 aromatic carbocycles. The summed E-state index contributed by atoms with van der Waals surface area (Å²) in [6.07, 6.45) is 0.168. The van der Waals surface area contributed by atoms with Crippen molar-refractivity contribution in [1.82, 2.24) is 15.5 Å². The Balaban J connectivity index is 0.00000312. The third-order valence-corrected chi connectivity index (χ3v) is 3.94. The molecule has 0 amide bonds. The number of halogens is 2. The van der Waals surface area contributed by atoms with Crippen molar-refractivity contribution < 1.29 is 9.13 Å². The average molecular weight is 464 g/mol. The lowest BCUT2D eigenvalue weighted by molar-refractivity contribution is -0.0284. The first-order valence-corrected chi connectivity index (χ1v) is 8.59. The first-order chi connectivity index (χ1) is 11.6. The van der Waals surface area contributed by atoms with Crippen molar-refractivity contribution >= 4 is 29.9 Å². The molecule has 1 unspecified atom stereocenters. The van der Waals surface area contributed by atoms with Gasteiger partial charge in [0.05, 0.1) is 12.7 Å². The molecule has 1 atom stereocenters. The summed E-state index contributed by atoms with van der Waals surface area (Å²) >= 11 is 0. The molecule has 0 aliphatic carbocycles. The van der Waals surface area contributed by atoms with Crippen LogP contribution in [0.15, 0.2) is 29.3 Å². The topological polar surface area (TPSA) is 48.9 Å². The third kappa shape index (κ3) is 8.33. The molecule has 0 bridgehead atoms. The summed E-state index contributed by atoms with van der Waals surface area (Å²) in [5.74, 6) is 1.17. The van der Waals surface area contributed by atoms with Crippen molar-refractivity contribution in [3.8, 4) is 0 Å². The van der Waals surface area contributed by atoms with Crippen molar-refractivity contribution in [2.75, 3.05) is 39.8 Å². The van der Waals surface area contributed by atoms with Crippen LogP contribution in [0.2, 0.25) is 0 Å². The van der Waals surface area contributed by atoms with Crippen LogP contribution in [0, 0.1) is 11.7 Å². The smallest absolute Gasteiger partial charge is 0.191 e. The number of morpholine rings is 1. The summed E-state index contributed by atoms with van der Waals surface area (Å²) in [6, 6.07) is 6.46. The molecule has 7 heteroatoms. The van der Waals surface area contributed by atoms with Gasteiger partial charge in [-0.25, -0.2) is 4.39 Å². The highest BCUT2D eigenvalue weighted by Gasteiger charge is 2.20. The standard InChI is InChI=1S/C18H29FN4O.HI/c1-14(2)12-23-8-9-24-17(13-23)11-22-18(20-3)21-10-15-4-6-16(19)7-5-15;/h4-7,14,17H,8-13H2,1-3H3,(H2,20,21,22);1H. The minimum absolute atomic E-state index is 0. The number of aliphatic imine (C=N–C) groups is 1. The highest BCUT2D eigenvalue weighted by atomic mass is 127. The van der Waals surface area contributed by atoms with Crippen molar-refractivity contribution in [2.24, 2.45) is 10.9 Å². The zero-order valence-corrected chi connectivity index (χ0v) is 17.6. The predicted molar refractivity (Wildman–Crippen MR) is 111 cm³/mol. The van der Waals surface area contributed by atoms with E-state index in [0.29, 0.717) is 12.5 Å². The Kier molecular flexibility index (Phi) is 10.3. The van der Waals surface area contributed by atoms with Gasteiger partial charge in [-0.1, -0.05) is 26.0 Å².